The zero-order chi connectivity index (χ0) is 10.7. The van der Waals surface area contributed by atoms with E-state index in [4.69, 9.17) is 9.84 Å². The zero-order valence-corrected chi connectivity index (χ0v) is 9.15. The van der Waals surface area contributed by atoms with Crippen molar-refractivity contribution < 1.29 is 14.6 Å². The van der Waals surface area contributed by atoms with Crippen molar-refractivity contribution in [3.63, 3.8) is 0 Å². The van der Waals surface area contributed by atoms with Gasteiger partial charge in [-0.1, -0.05) is 19.3 Å². The summed E-state index contributed by atoms with van der Waals surface area (Å²) in [6.45, 7) is 0.660. The standard InChI is InChI=1S/C12H20O3/c13-12(14)11(10-6-7-10)15-8-9-4-2-1-3-5-9/h9-11H,1-8H2,(H,13,14). The van der Waals surface area contributed by atoms with Crippen LogP contribution in [0.2, 0.25) is 0 Å². The Kier molecular flexibility index (Phi) is 3.62. The second-order valence-electron chi connectivity index (χ2n) is 4.93. The molecule has 2 saturated carbocycles. The molecule has 86 valence electrons. The number of carboxylic acids is 1. The molecule has 15 heavy (non-hydrogen) atoms. The number of hydrogen-bond donors (Lipinski definition) is 1. The highest BCUT2D eigenvalue weighted by atomic mass is 16.5. The van der Waals surface area contributed by atoms with Crippen LogP contribution in [0.25, 0.3) is 0 Å². The molecule has 0 radical (unpaired) electrons. The van der Waals surface area contributed by atoms with Crippen LogP contribution >= 0.6 is 0 Å². The van der Waals surface area contributed by atoms with Crippen LogP contribution in [-0.4, -0.2) is 23.8 Å². The van der Waals surface area contributed by atoms with Crippen molar-refractivity contribution in [3.05, 3.63) is 0 Å². The lowest BCUT2D eigenvalue weighted by atomic mass is 9.90. The van der Waals surface area contributed by atoms with Gasteiger partial charge in [0.2, 0.25) is 0 Å². The second-order valence-corrected chi connectivity index (χ2v) is 4.93. The third kappa shape index (κ3) is 3.20. The summed E-state index contributed by atoms with van der Waals surface area (Å²) in [6.07, 6.45) is 7.88. The molecule has 2 fully saturated rings. The molecule has 1 N–H and O–H groups in total. The minimum atomic E-state index is -0.770. The fourth-order valence-corrected chi connectivity index (χ4v) is 2.40. The topological polar surface area (TPSA) is 46.5 Å². The average molecular weight is 212 g/mol. The summed E-state index contributed by atoms with van der Waals surface area (Å²) in [5.41, 5.74) is 0. The Morgan fingerprint density at radius 2 is 1.87 bits per heavy atom. The van der Waals surface area contributed by atoms with Crippen LogP contribution in [0.4, 0.5) is 0 Å². The molecule has 0 aromatic rings. The first-order valence-electron chi connectivity index (χ1n) is 6.12. The third-order valence-corrected chi connectivity index (χ3v) is 3.53. The summed E-state index contributed by atoms with van der Waals surface area (Å²) in [5, 5.41) is 8.99. The van der Waals surface area contributed by atoms with Crippen LogP contribution in [0, 0.1) is 11.8 Å². The highest BCUT2D eigenvalue weighted by Crippen LogP contribution is 2.35. The third-order valence-electron chi connectivity index (χ3n) is 3.53. The zero-order valence-electron chi connectivity index (χ0n) is 9.15. The van der Waals surface area contributed by atoms with Crippen molar-refractivity contribution in [2.24, 2.45) is 11.8 Å². The Morgan fingerprint density at radius 1 is 1.20 bits per heavy atom. The van der Waals surface area contributed by atoms with E-state index < -0.39 is 12.1 Å². The molecular formula is C12H20O3. The first kappa shape index (κ1) is 10.9. The lowest BCUT2D eigenvalue weighted by Gasteiger charge is -2.23. The Balaban J connectivity index is 1.72. The first-order valence-corrected chi connectivity index (χ1v) is 6.12. The number of carbonyl (C=O) groups is 1. The summed E-state index contributed by atoms with van der Waals surface area (Å²) in [4.78, 5) is 10.9. The van der Waals surface area contributed by atoms with Gasteiger partial charge in [0.25, 0.3) is 0 Å². The Labute approximate surface area is 90.8 Å². The Morgan fingerprint density at radius 3 is 2.40 bits per heavy atom. The van der Waals surface area contributed by atoms with Crippen LogP contribution in [0.3, 0.4) is 0 Å². The molecule has 1 atom stereocenters. The molecule has 0 amide bonds. The van der Waals surface area contributed by atoms with Gasteiger partial charge in [-0.2, -0.15) is 0 Å². The molecule has 2 aliphatic rings. The van der Waals surface area contributed by atoms with Gasteiger partial charge in [0.05, 0.1) is 6.61 Å². The lowest BCUT2D eigenvalue weighted by molar-refractivity contribution is -0.153. The number of aliphatic carboxylic acids is 1. The smallest absolute Gasteiger partial charge is 0.333 e. The summed E-state index contributed by atoms with van der Waals surface area (Å²) in [5.74, 6) is 0.138. The minimum Gasteiger partial charge on any atom is -0.479 e. The normalized spacial score (nSPS) is 25.1. The molecule has 0 bridgehead atoms. The number of ether oxygens (including phenoxy) is 1. The molecule has 0 aromatic heterocycles. The van der Waals surface area contributed by atoms with E-state index in [1.807, 2.05) is 0 Å². The second kappa shape index (κ2) is 4.97. The molecule has 2 aliphatic carbocycles. The van der Waals surface area contributed by atoms with Gasteiger partial charge in [0, 0.05) is 0 Å². The van der Waals surface area contributed by atoms with E-state index in [-0.39, 0.29) is 0 Å². The number of carboxylic acid groups (broad SMARTS) is 1. The van der Waals surface area contributed by atoms with Crippen molar-refractivity contribution in [1.82, 2.24) is 0 Å². The van der Waals surface area contributed by atoms with E-state index in [9.17, 15) is 4.79 Å². The molecule has 0 aromatic carbocycles. The molecule has 3 heteroatoms. The van der Waals surface area contributed by atoms with Crippen LogP contribution in [0.15, 0.2) is 0 Å². The number of hydrogen-bond acceptors (Lipinski definition) is 2. The molecule has 2 rings (SSSR count). The Hall–Kier alpha value is -0.570. The average Bonchev–Trinajstić information content (AvgIpc) is 3.03. The van der Waals surface area contributed by atoms with Crippen molar-refractivity contribution >= 4 is 5.97 Å². The largest absolute Gasteiger partial charge is 0.479 e. The first-order chi connectivity index (χ1) is 7.27. The predicted molar refractivity (Wildman–Crippen MR) is 56.7 cm³/mol. The summed E-state index contributed by atoms with van der Waals surface area (Å²) < 4.78 is 5.57. The highest BCUT2D eigenvalue weighted by Gasteiger charge is 2.37. The molecule has 3 nitrogen and oxygen atoms in total. The summed E-state index contributed by atoms with van der Waals surface area (Å²) in [7, 11) is 0. The van der Waals surface area contributed by atoms with Gasteiger partial charge in [-0.3, -0.25) is 0 Å². The van der Waals surface area contributed by atoms with E-state index in [0.717, 1.165) is 12.8 Å². The van der Waals surface area contributed by atoms with Gasteiger partial charge in [-0.25, -0.2) is 4.79 Å². The lowest BCUT2D eigenvalue weighted by Crippen LogP contribution is -2.29. The van der Waals surface area contributed by atoms with Crippen molar-refractivity contribution in [3.8, 4) is 0 Å². The molecule has 0 heterocycles. The van der Waals surface area contributed by atoms with E-state index in [1.165, 1.54) is 32.1 Å². The van der Waals surface area contributed by atoms with Gasteiger partial charge in [-0.15, -0.1) is 0 Å². The van der Waals surface area contributed by atoms with Gasteiger partial charge in [-0.05, 0) is 37.5 Å². The van der Waals surface area contributed by atoms with Gasteiger partial charge in [0.15, 0.2) is 6.10 Å². The van der Waals surface area contributed by atoms with E-state index in [1.54, 1.807) is 0 Å². The minimum absolute atomic E-state index is 0.297. The molecular weight excluding hydrogens is 192 g/mol. The maximum Gasteiger partial charge on any atom is 0.333 e. The van der Waals surface area contributed by atoms with Crippen LogP contribution in [0.1, 0.15) is 44.9 Å². The predicted octanol–water partition coefficient (Wildman–Crippen LogP) is 2.45. The highest BCUT2D eigenvalue weighted by molar-refractivity contribution is 5.73. The van der Waals surface area contributed by atoms with E-state index in [2.05, 4.69) is 0 Å². The van der Waals surface area contributed by atoms with Crippen LogP contribution in [-0.2, 0) is 9.53 Å². The monoisotopic (exact) mass is 212 g/mol. The quantitative estimate of drug-likeness (QED) is 0.761. The number of rotatable bonds is 5. The summed E-state index contributed by atoms with van der Waals surface area (Å²) in [6, 6.07) is 0. The van der Waals surface area contributed by atoms with Crippen molar-refractivity contribution in [2.75, 3.05) is 6.61 Å². The molecule has 1 unspecified atom stereocenters. The van der Waals surface area contributed by atoms with Crippen LogP contribution in [0.5, 0.6) is 0 Å². The fourth-order valence-electron chi connectivity index (χ4n) is 2.40. The van der Waals surface area contributed by atoms with E-state index >= 15 is 0 Å². The molecule has 0 saturated heterocycles. The molecule has 0 aliphatic heterocycles. The van der Waals surface area contributed by atoms with Crippen LogP contribution < -0.4 is 0 Å². The van der Waals surface area contributed by atoms with Crippen molar-refractivity contribution in [2.45, 2.75) is 51.0 Å². The summed E-state index contributed by atoms with van der Waals surface area (Å²) >= 11 is 0. The van der Waals surface area contributed by atoms with Gasteiger partial charge >= 0.3 is 5.97 Å². The molecule has 0 spiro atoms. The SMILES string of the molecule is O=C(O)C(OCC1CCCCC1)C1CC1. The fraction of sp³-hybridized carbons (Fsp3) is 0.917. The Bertz CT molecular complexity index is 217. The van der Waals surface area contributed by atoms with Gasteiger partial charge in [0.1, 0.15) is 0 Å². The van der Waals surface area contributed by atoms with Crippen molar-refractivity contribution in [1.29, 1.82) is 0 Å². The van der Waals surface area contributed by atoms with E-state index in [0.29, 0.717) is 18.4 Å². The van der Waals surface area contributed by atoms with Gasteiger partial charge < -0.3 is 9.84 Å². The maximum absolute atomic E-state index is 10.9. The maximum atomic E-state index is 10.9.